The van der Waals surface area contributed by atoms with E-state index in [9.17, 15) is 22.8 Å². The number of carbonyl (C=O) groups is 2. The molecule has 23 heavy (non-hydrogen) atoms. The van der Waals surface area contributed by atoms with E-state index in [1.807, 2.05) is 0 Å². The fraction of sp³-hybridized carbons (Fsp3) is 0.200. The molecule has 2 N–H and O–H groups in total. The van der Waals surface area contributed by atoms with Gasteiger partial charge in [-0.3, -0.25) is 9.59 Å². The van der Waals surface area contributed by atoms with E-state index >= 15 is 0 Å². The van der Waals surface area contributed by atoms with Gasteiger partial charge in [0.05, 0.1) is 4.88 Å². The Labute approximate surface area is 134 Å². The average molecular weight is 342 g/mol. The van der Waals surface area contributed by atoms with E-state index < -0.39 is 30.6 Å². The Morgan fingerprint density at radius 2 is 1.78 bits per heavy atom. The molecule has 2 rings (SSSR count). The van der Waals surface area contributed by atoms with Gasteiger partial charge in [-0.1, -0.05) is 36.4 Å². The second-order valence-corrected chi connectivity index (χ2v) is 5.58. The molecule has 1 aromatic carbocycles. The van der Waals surface area contributed by atoms with Crippen LogP contribution in [0.25, 0.3) is 0 Å². The van der Waals surface area contributed by atoms with Gasteiger partial charge in [-0.15, -0.1) is 11.3 Å². The van der Waals surface area contributed by atoms with Crippen LogP contribution in [0, 0.1) is 0 Å². The normalized spacial score (nSPS) is 12.5. The van der Waals surface area contributed by atoms with Crippen LogP contribution in [0.15, 0.2) is 47.8 Å². The van der Waals surface area contributed by atoms with Crippen molar-refractivity contribution in [3.05, 3.63) is 58.3 Å². The Morgan fingerprint density at radius 3 is 2.35 bits per heavy atom. The van der Waals surface area contributed by atoms with Crippen LogP contribution in [0.2, 0.25) is 0 Å². The highest BCUT2D eigenvalue weighted by atomic mass is 32.1. The summed E-state index contributed by atoms with van der Waals surface area (Å²) in [4.78, 5) is 24.5. The molecular weight excluding hydrogens is 329 g/mol. The van der Waals surface area contributed by atoms with Crippen LogP contribution >= 0.6 is 11.3 Å². The summed E-state index contributed by atoms with van der Waals surface area (Å²) >= 11 is 1.17. The van der Waals surface area contributed by atoms with Crippen LogP contribution in [0.4, 0.5) is 13.2 Å². The summed E-state index contributed by atoms with van der Waals surface area (Å²) in [5.41, 5.74) is 0.400. The van der Waals surface area contributed by atoms with Gasteiger partial charge in [-0.25, -0.2) is 0 Å². The Morgan fingerprint density at radius 1 is 1.09 bits per heavy atom. The summed E-state index contributed by atoms with van der Waals surface area (Å²) < 4.78 is 36.8. The minimum absolute atomic E-state index is 0.370. The van der Waals surface area contributed by atoms with Gasteiger partial charge in [-0.05, 0) is 17.0 Å². The predicted molar refractivity (Wildman–Crippen MR) is 80.0 cm³/mol. The molecule has 2 amide bonds. The number of alkyl halides is 3. The number of halogens is 3. The van der Waals surface area contributed by atoms with Crippen molar-refractivity contribution in [2.24, 2.45) is 0 Å². The van der Waals surface area contributed by atoms with E-state index in [-0.39, 0.29) is 0 Å². The fourth-order valence-corrected chi connectivity index (χ4v) is 2.47. The highest BCUT2D eigenvalue weighted by molar-refractivity contribution is 7.12. The summed E-state index contributed by atoms with van der Waals surface area (Å²) in [7, 11) is 0. The van der Waals surface area contributed by atoms with E-state index in [0.717, 1.165) is 0 Å². The first kappa shape index (κ1) is 17.0. The second kappa shape index (κ2) is 7.28. The van der Waals surface area contributed by atoms with E-state index in [2.05, 4.69) is 5.32 Å². The van der Waals surface area contributed by atoms with Gasteiger partial charge in [0.15, 0.2) is 0 Å². The standard InChI is InChI=1S/C15H13F3N2O2S/c16-15(17,18)9-19-14(22)12(10-5-2-1-3-6-10)20-13(21)11-7-4-8-23-11/h1-8,12H,9H2,(H,19,22)(H,20,21). The van der Waals surface area contributed by atoms with Crippen LogP contribution in [-0.4, -0.2) is 24.5 Å². The van der Waals surface area contributed by atoms with E-state index in [4.69, 9.17) is 0 Å². The number of thiophene rings is 1. The molecule has 1 atom stereocenters. The van der Waals surface area contributed by atoms with Crippen molar-refractivity contribution in [1.29, 1.82) is 0 Å². The Balaban J connectivity index is 2.15. The smallest absolute Gasteiger partial charge is 0.345 e. The lowest BCUT2D eigenvalue weighted by molar-refractivity contribution is -0.139. The van der Waals surface area contributed by atoms with Crippen molar-refractivity contribution in [1.82, 2.24) is 10.6 Å². The van der Waals surface area contributed by atoms with Gasteiger partial charge >= 0.3 is 6.18 Å². The number of nitrogens with one attached hydrogen (secondary N) is 2. The molecule has 1 aromatic heterocycles. The second-order valence-electron chi connectivity index (χ2n) is 4.63. The highest BCUT2D eigenvalue weighted by Crippen LogP contribution is 2.17. The molecule has 0 saturated carbocycles. The zero-order chi connectivity index (χ0) is 16.9. The lowest BCUT2D eigenvalue weighted by Gasteiger charge is -2.19. The van der Waals surface area contributed by atoms with Gasteiger partial charge < -0.3 is 10.6 Å². The molecule has 1 heterocycles. The van der Waals surface area contributed by atoms with Crippen molar-refractivity contribution in [2.75, 3.05) is 6.54 Å². The zero-order valence-corrected chi connectivity index (χ0v) is 12.6. The predicted octanol–water partition coefficient (Wildman–Crippen LogP) is 2.90. The van der Waals surface area contributed by atoms with E-state index in [1.54, 1.807) is 53.2 Å². The third kappa shape index (κ3) is 5.10. The summed E-state index contributed by atoms with van der Waals surface area (Å²) in [6.45, 7) is -1.45. The van der Waals surface area contributed by atoms with Crippen molar-refractivity contribution < 1.29 is 22.8 Å². The van der Waals surface area contributed by atoms with Gasteiger partial charge in [-0.2, -0.15) is 13.2 Å². The summed E-state index contributed by atoms with van der Waals surface area (Å²) in [5.74, 6) is -1.44. The molecule has 0 saturated heterocycles. The van der Waals surface area contributed by atoms with Gasteiger partial charge in [0.25, 0.3) is 5.91 Å². The maximum atomic E-state index is 12.3. The van der Waals surface area contributed by atoms with E-state index in [1.165, 1.54) is 11.3 Å². The number of hydrogen-bond acceptors (Lipinski definition) is 3. The monoisotopic (exact) mass is 342 g/mol. The van der Waals surface area contributed by atoms with Crippen LogP contribution in [-0.2, 0) is 4.79 Å². The topological polar surface area (TPSA) is 58.2 Å². The minimum Gasteiger partial charge on any atom is -0.345 e. The lowest BCUT2D eigenvalue weighted by Crippen LogP contribution is -2.43. The fourth-order valence-electron chi connectivity index (χ4n) is 1.85. The molecule has 0 spiro atoms. The minimum atomic E-state index is -4.52. The number of carbonyl (C=O) groups excluding carboxylic acids is 2. The summed E-state index contributed by atoms with van der Waals surface area (Å²) in [5, 5.41) is 5.95. The van der Waals surface area contributed by atoms with Crippen LogP contribution in [0.5, 0.6) is 0 Å². The maximum absolute atomic E-state index is 12.3. The number of hydrogen-bond donors (Lipinski definition) is 2. The molecule has 1 unspecified atom stereocenters. The van der Waals surface area contributed by atoms with Crippen molar-refractivity contribution in [2.45, 2.75) is 12.2 Å². The molecule has 2 aromatic rings. The third-order valence-corrected chi connectivity index (χ3v) is 3.75. The lowest BCUT2D eigenvalue weighted by atomic mass is 10.1. The Kier molecular flexibility index (Phi) is 5.38. The first-order valence-electron chi connectivity index (χ1n) is 6.60. The van der Waals surface area contributed by atoms with E-state index in [0.29, 0.717) is 10.4 Å². The number of rotatable bonds is 5. The first-order chi connectivity index (χ1) is 10.9. The van der Waals surface area contributed by atoms with Crippen LogP contribution < -0.4 is 10.6 Å². The first-order valence-corrected chi connectivity index (χ1v) is 7.48. The maximum Gasteiger partial charge on any atom is 0.405 e. The average Bonchev–Trinajstić information content (AvgIpc) is 3.04. The van der Waals surface area contributed by atoms with Crippen LogP contribution in [0.1, 0.15) is 21.3 Å². The van der Waals surface area contributed by atoms with Crippen molar-refractivity contribution >= 4 is 23.2 Å². The molecular formula is C15H13F3N2O2S. The zero-order valence-electron chi connectivity index (χ0n) is 11.8. The molecule has 122 valence electrons. The molecule has 0 radical (unpaired) electrons. The van der Waals surface area contributed by atoms with Gasteiger partial charge in [0.1, 0.15) is 12.6 Å². The molecule has 0 aliphatic carbocycles. The summed E-state index contributed by atoms with van der Waals surface area (Å²) in [6, 6.07) is 10.1. The Hall–Kier alpha value is -2.35. The SMILES string of the molecule is O=C(NC(C(=O)NCC(F)(F)F)c1ccccc1)c1cccs1. The quantitative estimate of drug-likeness (QED) is 0.878. The van der Waals surface area contributed by atoms with Gasteiger partial charge in [0.2, 0.25) is 5.91 Å². The Bertz CT molecular complexity index is 657. The van der Waals surface area contributed by atoms with Crippen molar-refractivity contribution in [3.63, 3.8) is 0 Å². The van der Waals surface area contributed by atoms with Crippen molar-refractivity contribution in [3.8, 4) is 0 Å². The van der Waals surface area contributed by atoms with Gasteiger partial charge in [0, 0.05) is 0 Å². The molecule has 0 bridgehead atoms. The molecule has 8 heteroatoms. The number of benzene rings is 1. The third-order valence-electron chi connectivity index (χ3n) is 2.88. The molecule has 0 fully saturated rings. The summed E-state index contributed by atoms with van der Waals surface area (Å²) in [6.07, 6.45) is -4.52. The highest BCUT2D eigenvalue weighted by Gasteiger charge is 2.30. The molecule has 0 aliphatic rings. The largest absolute Gasteiger partial charge is 0.405 e. The molecule has 4 nitrogen and oxygen atoms in total. The molecule has 0 aliphatic heterocycles. The number of amides is 2. The van der Waals surface area contributed by atoms with Crippen LogP contribution in [0.3, 0.4) is 0 Å².